The van der Waals surface area contributed by atoms with E-state index in [-0.39, 0.29) is 0 Å². The molecule has 0 radical (unpaired) electrons. The van der Waals surface area contributed by atoms with Crippen LogP contribution in [0.15, 0.2) is 0 Å². The van der Waals surface area contributed by atoms with Gasteiger partial charge < -0.3 is 15.4 Å². The van der Waals surface area contributed by atoms with Crippen molar-refractivity contribution in [3.63, 3.8) is 0 Å². The molecule has 6 nitrogen and oxygen atoms in total. The van der Waals surface area contributed by atoms with Gasteiger partial charge in [0, 0.05) is 13.6 Å². The van der Waals surface area contributed by atoms with E-state index in [4.69, 9.17) is 4.74 Å². The summed E-state index contributed by atoms with van der Waals surface area (Å²) in [4.78, 5) is 12.5. The first kappa shape index (κ1) is 13.5. The van der Waals surface area contributed by atoms with E-state index < -0.39 is 0 Å². The third-order valence-electron chi connectivity index (χ3n) is 2.42. The van der Waals surface area contributed by atoms with Crippen molar-refractivity contribution in [1.29, 1.82) is 0 Å². The third kappa shape index (κ3) is 4.42. The molecule has 0 bridgehead atoms. The van der Waals surface area contributed by atoms with Crippen molar-refractivity contribution in [2.24, 2.45) is 5.92 Å². The van der Waals surface area contributed by atoms with Gasteiger partial charge in [-0.1, -0.05) is 20.3 Å². The number of anilines is 2. The Labute approximate surface area is 102 Å². The smallest absolute Gasteiger partial charge is 0.323 e. The van der Waals surface area contributed by atoms with Gasteiger partial charge in [0.2, 0.25) is 11.9 Å². The van der Waals surface area contributed by atoms with E-state index >= 15 is 0 Å². The zero-order valence-electron chi connectivity index (χ0n) is 10.9. The van der Waals surface area contributed by atoms with Gasteiger partial charge in [-0.25, -0.2) is 0 Å². The van der Waals surface area contributed by atoms with Crippen molar-refractivity contribution in [3.8, 4) is 6.01 Å². The maximum Gasteiger partial charge on any atom is 0.323 e. The normalized spacial score (nSPS) is 12.0. The lowest BCUT2D eigenvalue weighted by Crippen LogP contribution is -2.14. The van der Waals surface area contributed by atoms with Crippen molar-refractivity contribution in [1.82, 2.24) is 15.0 Å². The van der Waals surface area contributed by atoms with Crippen LogP contribution >= 0.6 is 0 Å². The summed E-state index contributed by atoms with van der Waals surface area (Å²) in [5.74, 6) is 1.64. The molecule has 17 heavy (non-hydrogen) atoms. The highest BCUT2D eigenvalue weighted by atomic mass is 16.5. The zero-order chi connectivity index (χ0) is 12.7. The van der Waals surface area contributed by atoms with Gasteiger partial charge in [-0.2, -0.15) is 15.0 Å². The summed E-state index contributed by atoms with van der Waals surface area (Å²) < 4.78 is 5.28. The Bertz CT molecular complexity index is 345. The van der Waals surface area contributed by atoms with E-state index in [0.29, 0.717) is 30.4 Å². The molecule has 0 fully saturated rings. The van der Waals surface area contributed by atoms with Gasteiger partial charge in [0.15, 0.2) is 0 Å². The number of ether oxygens (including phenoxy) is 1. The molecule has 1 unspecified atom stereocenters. The maximum absolute atomic E-state index is 5.28. The second kappa shape index (κ2) is 6.88. The standard InChI is InChI=1S/C11H21N5O/c1-5-8(3)7-13-10-14-9(12-4)15-11(16-10)17-6-2/h8H,5-7H2,1-4H3,(H2,12,13,14,15,16). The number of nitrogens with zero attached hydrogens (tertiary/aromatic N) is 3. The first-order valence-electron chi connectivity index (χ1n) is 6.00. The maximum atomic E-state index is 5.28. The highest BCUT2D eigenvalue weighted by Gasteiger charge is 2.07. The molecule has 1 atom stereocenters. The van der Waals surface area contributed by atoms with Crippen LogP contribution in [0.1, 0.15) is 27.2 Å². The second-order valence-electron chi connectivity index (χ2n) is 3.84. The van der Waals surface area contributed by atoms with E-state index in [1.54, 1.807) is 7.05 Å². The van der Waals surface area contributed by atoms with Crippen LogP contribution in [0.25, 0.3) is 0 Å². The number of rotatable bonds is 7. The minimum Gasteiger partial charge on any atom is -0.464 e. The summed E-state index contributed by atoms with van der Waals surface area (Å²) >= 11 is 0. The molecular weight excluding hydrogens is 218 g/mol. The molecule has 2 N–H and O–H groups in total. The minimum atomic E-state index is 0.346. The molecule has 0 aliphatic heterocycles. The molecule has 0 aliphatic rings. The highest BCUT2D eigenvalue weighted by Crippen LogP contribution is 2.11. The van der Waals surface area contributed by atoms with Gasteiger partial charge >= 0.3 is 6.01 Å². The average Bonchev–Trinajstić information content (AvgIpc) is 2.36. The van der Waals surface area contributed by atoms with Crippen molar-refractivity contribution in [2.75, 3.05) is 30.8 Å². The third-order valence-corrected chi connectivity index (χ3v) is 2.42. The Balaban J connectivity index is 2.72. The molecule has 0 saturated heterocycles. The fourth-order valence-electron chi connectivity index (χ4n) is 1.15. The first-order valence-corrected chi connectivity index (χ1v) is 6.00. The molecule has 0 saturated carbocycles. The van der Waals surface area contributed by atoms with E-state index in [1.807, 2.05) is 6.92 Å². The Kier molecular flexibility index (Phi) is 5.45. The Morgan fingerprint density at radius 1 is 1.18 bits per heavy atom. The van der Waals surface area contributed by atoms with Crippen LogP contribution in [-0.4, -0.2) is 35.2 Å². The fourth-order valence-corrected chi connectivity index (χ4v) is 1.15. The summed E-state index contributed by atoms with van der Waals surface area (Å²) in [6, 6.07) is 0.346. The molecule has 0 aliphatic carbocycles. The Hall–Kier alpha value is -1.59. The lowest BCUT2D eigenvalue weighted by molar-refractivity contribution is 0.312. The summed E-state index contributed by atoms with van der Waals surface area (Å²) in [7, 11) is 1.77. The van der Waals surface area contributed by atoms with Crippen molar-refractivity contribution in [3.05, 3.63) is 0 Å². The van der Waals surface area contributed by atoms with Gasteiger partial charge in [-0.3, -0.25) is 0 Å². The summed E-state index contributed by atoms with van der Waals surface area (Å²) in [6.45, 7) is 7.61. The molecule has 0 spiro atoms. The molecular formula is C11H21N5O. The predicted octanol–water partition coefficient (Wildman–Crippen LogP) is 1.77. The monoisotopic (exact) mass is 239 g/mol. The van der Waals surface area contributed by atoms with Crippen molar-refractivity contribution < 1.29 is 4.74 Å². The number of hydrogen-bond donors (Lipinski definition) is 2. The summed E-state index contributed by atoms with van der Waals surface area (Å²) in [6.07, 6.45) is 1.12. The van der Waals surface area contributed by atoms with Crippen LogP contribution < -0.4 is 15.4 Å². The fraction of sp³-hybridized carbons (Fsp3) is 0.727. The van der Waals surface area contributed by atoms with Gasteiger partial charge in [0.1, 0.15) is 0 Å². The molecule has 96 valence electrons. The van der Waals surface area contributed by atoms with E-state index in [0.717, 1.165) is 13.0 Å². The predicted molar refractivity (Wildman–Crippen MR) is 68.5 cm³/mol. The molecule has 1 aromatic rings. The molecule has 0 aromatic carbocycles. The topological polar surface area (TPSA) is 72.0 Å². The van der Waals surface area contributed by atoms with E-state index in [2.05, 4.69) is 39.4 Å². The molecule has 6 heteroatoms. The van der Waals surface area contributed by atoms with Gasteiger partial charge in [-0.05, 0) is 12.8 Å². The van der Waals surface area contributed by atoms with Crippen LogP contribution in [0.2, 0.25) is 0 Å². The SMILES string of the molecule is CCOc1nc(NC)nc(NCC(C)CC)n1. The average molecular weight is 239 g/mol. The molecule has 1 rings (SSSR count). The van der Waals surface area contributed by atoms with Crippen LogP contribution in [0.3, 0.4) is 0 Å². The van der Waals surface area contributed by atoms with Gasteiger partial charge in [0.25, 0.3) is 0 Å². The molecule has 1 heterocycles. The largest absolute Gasteiger partial charge is 0.464 e. The minimum absolute atomic E-state index is 0.346. The van der Waals surface area contributed by atoms with Gasteiger partial charge in [-0.15, -0.1) is 0 Å². The van der Waals surface area contributed by atoms with Crippen LogP contribution in [-0.2, 0) is 0 Å². The summed E-state index contributed by atoms with van der Waals surface area (Å²) in [5.41, 5.74) is 0. The number of aromatic nitrogens is 3. The van der Waals surface area contributed by atoms with Crippen molar-refractivity contribution >= 4 is 11.9 Å². The number of nitrogens with one attached hydrogen (secondary N) is 2. The quantitative estimate of drug-likeness (QED) is 0.755. The second-order valence-corrected chi connectivity index (χ2v) is 3.84. The molecule has 1 aromatic heterocycles. The van der Waals surface area contributed by atoms with Crippen molar-refractivity contribution in [2.45, 2.75) is 27.2 Å². The first-order chi connectivity index (χ1) is 8.19. The van der Waals surface area contributed by atoms with Crippen LogP contribution in [0.5, 0.6) is 6.01 Å². The Morgan fingerprint density at radius 3 is 2.47 bits per heavy atom. The molecule has 0 amide bonds. The Morgan fingerprint density at radius 2 is 1.88 bits per heavy atom. The lowest BCUT2D eigenvalue weighted by Gasteiger charge is -2.11. The van der Waals surface area contributed by atoms with E-state index in [1.165, 1.54) is 0 Å². The summed E-state index contributed by atoms with van der Waals surface area (Å²) in [5, 5.41) is 6.07. The van der Waals surface area contributed by atoms with E-state index in [9.17, 15) is 0 Å². The van der Waals surface area contributed by atoms with Crippen LogP contribution in [0, 0.1) is 5.92 Å². The zero-order valence-corrected chi connectivity index (χ0v) is 10.9. The highest BCUT2D eigenvalue weighted by molar-refractivity contribution is 5.35. The lowest BCUT2D eigenvalue weighted by atomic mass is 10.1. The van der Waals surface area contributed by atoms with Gasteiger partial charge in [0.05, 0.1) is 6.61 Å². The number of hydrogen-bond acceptors (Lipinski definition) is 6. The van der Waals surface area contributed by atoms with Crippen LogP contribution in [0.4, 0.5) is 11.9 Å².